The summed E-state index contributed by atoms with van der Waals surface area (Å²) in [5.41, 5.74) is 2.43. The summed E-state index contributed by atoms with van der Waals surface area (Å²) in [6.45, 7) is 1.89. The number of benzene rings is 2. The molecule has 0 bridgehead atoms. The van der Waals surface area contributed by atoms with E-state index in [0.29, 0.717) is 16.9 Å². The lowest BCUT2D eigenvalue weighted by Crippen LogP contribution is -2.36. The monoisotopic (exact) mass is 438 g/mol. The minimum Gasteiger partial charge on any atom is -0.489 e. The molecule has 0 aliphatic carbocycles. The van der Waals surface area contributed by atoms with Gasteiger partial charge in [0.25, 0.3) is 0 Å². The summed E-state index contributed by atoms with van der Waals surface area (Å²) < 4.78 is 10.7. The van der Waals surface area contributed by atoms with E-state index in [4.69, 9.17) is 9.26 Å². The first-order chi connectivity index (χ1) is 15.4. The van der Waals surface area contributed by atoms with Crippen LogP contribution in [0.25, 0.3) is 0 Å². The number of amides is 2. The number of hydrogen-bond donors (Lipinski definition) is 3. The molecule has 0 spiro atoms. The third-order valence-electron chi connectivity index (χ3n) is 4.98. The van der Waals surface area contributed by atoms with Gasteiger partial charge in [0.15, 0.2) is 0 Å². The van der Waals surface area contributed by atoms with Crippen LogP contribution in [-0.2, 0) is 11.4 Å². The molecule has 1 unspecified atom stereocenters. The minimum atomic E-state index is -1.55. The summed E-state index contributed by atoms with van der Waals surface area (Å²) in [5, 5.41) is 31.7. The van der Waals surface area contributed by atoms with E-state index in [9.17, 15) is 24.7 Å². The average molecular weight is 438 g/mol. The molecule has 1 atom stereocenters. The van der Waals surface area contributed by atoms with E-state index in [1.807, 2.05) is 6.07 Å². The fourth-order valence-electron chi connectivity index (χ4n) is 3.30. The van der Waals surface area contributed by atoms with E-state index in [1.165, 1.54) is 6.26 Å². The third kappa shape index (κ3) is 5.74. The van der Waals surface area contributed by atoms with Gasteiger partial charge in [0.05, 0.1) is 5.69 Å². The van der Waals surface area contributed by atoms with E-state index in [1.54, 1.807) is 55.5 Å². The predicted molar refractivity (Wildman–Crippen MR) is 115 cm³/mol. The Balaban J connectivity index is 1.73. The molecule has 3 aromatic rings. The van der Waals surface area contributed by atoms with E-state index in [0.717, 1.165) is 16.0 Å². The van der Waals surface area contributed by atoms with E-state index < -0.39 is 25.0 Å². The second kappa shape index (κ2) is 10.6. The quantitative estimate of drug-likeness (QED) is 0.432. The maximum absolute atomic E-state index is 12.5. The molecular formula is C22H23BN2O7. The molecule has 32 heavy (non-hydrogen) atoms. The van der Waals surface area contributed by atoms with Crippen molar-refractivity contribution in [2.24, 2.45) is 0 Å². The third-order valence-corrected chi connectivity index (χ3v) is 4.98. The first kappa shape index (κ1) is 23.0. The fourth-order valence-corrected chi connectivity index (χ4v) is 3.30. The van der Waals surface area contributed by atoms with Crippen molar-refractivity contribution in [3.8, 4) is 5.75 Å². The van der Waals surface area contributed by atoms with Crippen molar-refractivity contribution in [3.63, 3.8) is 0 Å². The van der Waals surface area contributed by atoms with Crippen molar-refractivity contribution >= 4 is 24.6 Å². The van der Waals surface area contributed by atoms with Crippen molar-refractivity contribution < 1.29 is 34.0 Å². The molecule has 2 aromatic carbocycles. The molecule has 0 saturated carbocycles. The van der Waals surface area contributed by atoms with Gasteiger partial charge in [-0.05, 0) is 35.6 Å². The zero-order valence-corrected chi connectivity index (χ0v) is 17.4. The maximum Gasteiger partial charge on any atom is 0.488 e. The number of rotatable bonds is 9. The van der Waals surface area contributed by atoms with Gasteiger partial charge in [0.2, 0.25) is 5.91 Å². The average Bonchev–Trinajstić information content (AvgIpc) is 3.31. The van der Waals surface area contributed by atoms with Crippen molar-refractivity contribution in [1.82, 2.24) is 10.1 Å². The van der Waals surface area contributed by atoms with E-state index in [-0.39, 0.29) is 19.6 Å². The normalized spacial score (nSPS) is 11.6. The summed E-state index contributed by atoms with van der Waals surface area (Å²) in [6, 6.07) is 15.5. The lowest BCUT2D eigenvalue weighted by Gasteiger charge is -2.19. The predicted octanol–water partition coefficient (Wildman–Crippen LogP) is 1.98. The molecule has 166 valence electrons. The van der Waals surface area contributed by atoms with Crippen molar-refractivity contribution in [3.05, 3.63) is 77.7 Å². The fraction of sp³-hybridized carbons (Fsp3) is 0.227. The first-order valence-corrected chi connectivity index (χ1v) is 10.00. The number of carbonyl (C=O) groups excluding carboxylic acids is 1. The Hall–Kier alpha value is -3.63. The lowest BCUT2D eigenvalue weighted by atomic mass is 9.80. The Labute approximate surface area is 185 Å². The molecule has 0 aliphatic heterocycles. The summed E-state index contributed by atoms with van der Waals surface area (Å²) in [4.78, 5) is 24.6. The van der Waals surface area contributed by atoms with Crippen LogP contribution in [-0.4, -0.2) is 50.9 Å². The maximum atomic E-state index is 12.5. The molecule has 10 heteroatoms. The van der Waals surface area contributed by atoms with Gasteiger partial charge in [-0.15, -0.1) is 0 Å². The van der Waals surface area contributed by atoms with Gasteiger partial charge in [0, 0.05) is 24.9 Å². The van der Waals surface area contributed by atoms with Crippen LogP contribution in [0.15, 0.2) is 65.4 Å². The number of ether oxygens (including phenoxy) is 1. The Morgan fingerprint density at radius 3 is 2.50 bits per heavy atom. The number of imide groups is 1. The highest BCUT2D eigenvalue weighted by molar-refractivity contribution is 6.58. The Morgan fingerprint density at radius 1 is 1.16 bits per heavy atom. The number of nitrogens with zero attached hydrogens (tertiary/aromatic N) is 2. The second-order valence-electron chi connectivity index (χ2n) is 7.08. The number of carboxylic acid groups (broad SMARTS) is 1. The van der Waals surface area contributed by atoms with Crippen LogP contribution in [0.2, 0.25) is 0 Å². The zero-order chi connectivity index (χ0) is 23.1. The minimum absolute atomic E-state index is 0.0565. The molecule has 2 amide bonds. The van der Waals surface area contributed by atoms with Crippen molar-refractivity contribution in [1.29, 1.82) is 0 Å². The highest BCUT2D eigenvalue weighted by Gasteiger charge is 2.26. The van der Waals surface area contributed by atoms with E-state index >= 15 is 0 Å². The Bertz CT molecular complexity index is 1040. The highest BCUT2D eigenvalue weighted by atomic mass is 16.5. The summed E-state index contributed by atoms with van der Waals surface area (Å²) in [6.07, 6.45) is 0.0255. The molecule has 0 saturated heterocycles. The number of aromatic nitrogens is 1. The smallest absolute Gasteiger partial charge is 0.488 e. The molecule has 0 radical (unpaired) electrons. The van der Waals surface area contributed by atoms with Gasteiger partial charge in [-0.3, -0.25) is 4.79 Å². The molecule has 1 aromatic heterocycles. The summed E-state index contributed by atoms with van der Waals surface area (Å²) in [5.74, 6) is -0.430. The largest absolute Gasteiger partial charge is 0.489 e. The van der Waals surface area contributed by atoms with Crippen LogP contribution in [0.1, 0.15) is 36.1 Å². The van der Waals surface area contributed by atoms with Crippen molar-refractivity contribution in [2.45, 2.75) is 25.9 Å². The van der Waals surface area contributed by atoms with Crippen LogP contribution >= 0.6 is 0 Å². The highest BCUT2D eigenvalue weighted by Crippen LogP contribution is 2.29. The number of hydrogen-bond acceptors (Lipinski definition) is 7. The topological polar surface area (TPSA) is 133 Å². The van der Waals surface area contributed by atoms with Crippen LogP contribution in [0.5, 0.6) is 5.75 Å². The summed E-state index contributed by atoms with van der Waals surface area (Å²) in [7, 11) is -1.55. The van der Waals surface area contributed by atoms with Gasteiger partial charge < -0.3 is 24.4 Å². The van der Waals surface area contributed by atoms with Gasteiger partial charge in [-0.25, -0.2) is 9.69 Å². The summed E-state index contributed by atoms with van der Waals surface area (Å²) >= 11 is 0. The molecule has 1 heterocycles. The lowest BCUT2D eigenvalue weighted by molar-refractivity contribution is -0.129. The van der Waals surface area contributed by atoms with Gasteiger partial charge in [-0.1, -0.05) is 41.6 Å². The van der Waals surface area contributed by atoms with Crippen LogP contribution in [0.3, 0.4) is 0 Å². The number of carbonyl (C=O) groups is 2. The van der Waals surface area contributed by atoms with Crippen LogP contribution in [0.4, 0.5) is 4.79 Å². The van der Waals surface area contributed by atoms with Crippen LogP contribution < -0.4 is 10.2 Å². The molecular weight excluding hydrogens is 415 g/mol. The SMILES string of the molecule is CCN(C(=O)O)C(=O)CC(c1ccc(OCc2cccc(B(O)O)c2)cc1)c1ccon1. The zero-order valence-electron chi connectivity index (χ0n) is 17.4. The standard InChI is InChI=1S/C22H23BN2O7/c1-2-25(22(27)28)21(26)13-19(20-10-11-32-24-20)16-6-8-18(9-7-16)31-14-15-4-3-5-17(12-15)23(29)30/h3-12,19,29-30H,2,13-14H2,1H3,(H,27,28). The van der Waals surface area contributed by atoms with Crippen molar-refractivity contribution in [2.75, 3.05) is 6.54 Å². The van der Waals surface area contributed by atoms with E-state index in [2.05, 4.69) is 5.16 Å². The first-order valence-electron chi connectivity index (χ1n) is 10.00. The van der Waals surface area contributed by atoms with Crippen LogP contribution in [0, 0.1) is 0 Å². The van der Waals surface area contributed by atoms with Gasteiger partial charge in [0.1, 0.15) is 18.6 Å². The molecule has 3 N–H and O–H groups in total. The molecule has 9 nitrogen and oxygen atoms in total. The van der Waals surface area contributed by atoms with Gasteiger partial charge >= 0.3 is 13.2 Å². The molecule has 0 aliphatic rings. The van der Waals surface area contributed by atoms with Gasteiger partial charge in [-0.2, -0.15) is 0 Å². The Kier molecular flexibility index (Phi) is 7.64. The Morgan fingerprint density at radius 2 is 1.91 bits per heavy atom. The molecule has 0 fully saturated rings. The second-order valence-corrected chi connectivity index (χ2v) is 7.08. The molecule has 3 rings (SSSR count).